The number of nitrogens with one attached hydrogen (secondary N) is 1. The summed E-state index contributed by atoms with van der Waals surface area (Å²) in [4.78, 5) is 0. The van der Waals surface area contributed by atoms with Gasteiger partial charge in [-0.3, -0.25) is 0 Å². The Morgan fingerprint density at radius 1 is 1.10 bits per heavy atom. The Morgan fingerprint density at radius 2 is 1.85 bits per heavy atom. The molecule has 104 valence electrons. The highest BCUT2D eigenvalue weighted by Crippen LogP contribution is 2.48. The third-order valence-corrected chi connectivity index (χ3v) is 3.93. The van der Waals surface area contributed by atoms with Gasteiger partial charge in [0.15, 0.2) is 0 Å². The molecule has 0 amide bonds. The lowest BCUT2D eigenvalue weighted by atomic mass is 9.96. The van der Waals surface area contributed by atoms with Gasteiger partial charge >= 0.3 is 0 Å². The topological polar surface area (TPSA) is 47.3 Å². The minimum Gasteiger partial charge on any atom is -0.457 e. The zero-order valence-electron chi connectivity index (χ0n) is 11.7. The Hall–Kier alpha value is -2.00. The second kappa shape index (κ2) is 5.17. The predicted octanol–water partition coefficient (Wildman–Crippen LogP) is 3.31. The number of hydrogen-bond acceptors (Lipinski definition) is 3. The maximum absolute atomic E-state index is 5.90. The van der Waals surface area contributed by atoms with Crippen LogP contribution in [-0.4, -0.2) is 13.6 Å². The van der Waals surface area contributed by atoms with Gasteiger partial charge in [-0.25, -0.2) is 0 Å². The summed E-state index contributed by atoms with van der Waals surface area (Å²) in [7, 11) is 2.01. The zero-order chi connectivity index (χ0) is 14.0. The van der Waals surface area contributed by atoms with Crippen LogP contribution in [0.2, 0.25) is 0 Å². The number of nitrogen functional groups attached to an aromatic ring is 1. The summed E-state index contributed by atoms with van der Waals surface area (Å²) in [5.74, 6) is 1.70. The van der Waals surface area contributed by atoms with Gasteiger partial charge in [-0.2, -0.15) is 0 Å². The molecule has 0 saturated heterocycles. The molecular formula is C17H20N2O. The number of hydrogen-bond donors (Lipinski definition) is 2. The van der Waals surface area contributed by atoms with Gasteiger partial charge in [0.1, 0.15) is 11.5 Å². The average Bonchev–Trinajstić information content (AvgIpc) is 3.23. The van der Waals surface area contributed by atoms with E-state index >= 15 is 0 Å². The van der Waals surface area contributed by atoms with Crippen LogP contribution in [-0.2, 0) is 5.41 Å². The van der Waals surface area contributed by atoms with Crippen LogP contribution < -0.4 is 15.8 Å². The molecule has 3 rings (SSSR count). The van der Waals surface area contributed by atoms with Crippen molar-refractivity contribution in [3.05, 3.63) is 54.1 Å². The predicted molar refractivity (Wildman–Crippen MR) is 82.2 cm³/mol. The molecule has 0 aromatic heterocycles. The second-order valence-corrected chi connectivity index (χ2v) is 5.51. The first-order chi connectivity index (χ1) is 9.72. The van der Waals surface area contributed by atoms with Crippen LogP contribution in [0, 0.1) is 0 Å². The van der Waals surface area contributed by atoms with Crippen LogP contribution in [0.25, 0.3) is 0 Å². The fraction of sp³-hybridized carbons (Fsp3) is 0.294. The van der Waals surface area contributed by atoms with E-state index in [2.05, 4.69) is 23.5 Å². The maximum atomic E-state index is 5.90. The number of rotatable bonds is 5. The van der Waals surface area contributed by atoms with Crippen molar-refractivity contribution in [3.63, 3.8) is 0 Å². The van der Waals surface area contributed by atoms with E-state index in [0.29, 0.717) is 5.41 Å². The number of anilines is 1. The normalized spacial score (nSPS) is 15.8. The van der Waals surface area contributed by atoms with Gasteiger partial charge in [0, 0.05) is 17.6 Å². The van der Waals surface area contributed by atoms with Crippen molar-refractivity contribution < 1.29 is 4.74 Å². The number of benzene rings is 2. The quantitative estimate of drug-likeness (QED) is 0.818. The van der Waals surface area contributed by atoms with Gasteiger partial charge in [0.25, 0.3) is 0 Å². The van der Waals surface area contributed by atoms with E-state index < -0.39 is 0 Å². The van der Waals surface area contributed by atoms with E-state index in [1.165, 1.54) is 18.4 Å². The first kappa shape index (κ1) is 13.0. The molecule has 3 heteroatoms. The molecule has 0 heterocycles. The molecule has 2 aromatic carbocycles. The zero-order valence-corrected chi connectivity index (χ0v) is 11.7. The summed E-state index contributed by atoms with van der Waals surface area (Å²) in [6, 6.07) is 15.9. The van der Waals surface area contributed by atoms with Crippen molar-refractivity contribution in [3.8, 4) is 11.5 Å². The van der Waals surface area contributed by atoms with E-state index in [1.54, 1.807) is 0 Å². The highest BCUT2D eigenvalue weighted by molar-refractivity contribution is 5.44. The van der Waals surface area contributed by atoms with Crippen LogP contribution >= 0.6 is 0 Å². The minimum absolute atomic E-state index is 0.315. The van der Waals surface area contributed by atoms with Crippen LogP contribution in [0.4, 0.5) is 5.69 Å². The fourth-order valence-electron chi connectivity index (χ4n) is 2.62. The highest BCUT2D eigenvalue weighted by Gasteiger charge is 2.43. The van der Waals surface area contributed by atoms with E-state index in [-0.39, 0.29) is 0 Å². The van der Waals surface area contributed by atoms with Gasteiger partial charge in [-0.1, -0.05) is 12.1 Å². The molecule has 0 aliphatic heterocycles. The van der Waals surface area contributed by atoms with Gasteiger partial charge < -0.3 is 15.8 Å². The summed E-state index contributed by atoms with van der Waals surface area (Å²) >= 11 is 0. The molecule has 1 aliphatic carbocycles. The van der Waals surface area contributed by atoms with Gasteiger partial charge in [0.05, 0.1) is 0 Å². The van der Waals surface area contributed by atoms with E-state index in [4.69, 9.17) is 10.5 Å². The Balaban J connectivity index is 1.79. The lowest BCUT2D eigenvalue weighted by molar-refractivity contribution is 0.480. The molecule has 3 N–H and O–H groups in total. The first-order valence-corrected chi connectivity index (χ1v) is 7.00. The number of likely N-dealkylation sites (N-methyl/N-ethyl adjacent to an activating group) is 1. The van der Waals surface area contributed by atoms with E-state index in [1.807, 2.05) is 37.4 Å². The average molecular weight is 268 g/mol. The molecule has 0 atom stereocenters. The number of nitrogens with two attached hydrogens (primary N) is 1. The molecule has 0 radical (unpaired) electrons. The second-order valence-electron chi connectivity index (χ2n) is 5.51. The lowest BCUT2D eigenvalue weighted by Crippen LogP contribution is -2.23. The third-order valence-electron chi connectivity index (χ3n) is 3.93. The lowest BCUT2D eigenvalue weighted by Gasteiger charge is -2.16. The molecule has 2 aromatic rings. The summed E-state index contributed by atoms with van der Waals surface area (Å²) in [5, 5.41) is 3.29. The Bertz CT molecular complexity index is 588. The molecule has 1 saturated carbocycles. The van der Waals surface area contributed by atoms with Crippen LogP contribution in [0.15, 0.2) is 48.5 Å². The summed E-state index contributed by atoms with van der Waals surface area (Å²) < 4.78 is 5.90. The molecule has 0 bridgehead atoms. The molecule has 20 heavy (non-hydrogen) atoms. The summed E-state index contributed by atoms with van der Waals surface area (Å²) in [5.41, 5.74) is 8.10. The standard InChI is InChI=1S/C17H20N2O/c1-19-12-17(9-10-17)13-3-2-4-16(11-13)20-15-7-5-14(18)6-8-15/h2-8,11,19H,9-10,12,18H2,1H3. The SMILES string of the molecule is CNCC1(c2cccc(Oc3ccc(N)cc3)c2)CC1. The minimum atomic E-state index is 0.315. The van der Waals surface area contributed by atoms with Gasteiger partial charge in [0.2, 0.25) is 0 Å². The third kappa shape index (κ3) is 2.63. The van der Waals surface area contributed by atoms with Crippen LogP contribution in [0.1, 0.15) is 18.4 Å². The first-order valence-electron chi connectivity index (χ1n) is 7.00. The molecule has 1 fully saturated rings. The number of ether oxygens (including phenoxy) is 1. The molecule has 0 unspecified atom stereocenters. The summed E-state index contributed by atoms with van der Waals surface area (Å²) in [6.45, 7) is 1.03. The smallest absolute Gasteiger partial charge is 0.127 e. The van der Waals surface area contributed by atoms with Crippen molar-refractivity contribution in [1.82, 2.24) is 5.32 Å². The van der Waals surface area contributed by atoms with Crippen molar-refractivity contribution in [2.75, 3.05) is 19.3 Å². The van der Waals surface area contributed by atoms with Crippen molar-refractivity contribution >= 4 is 5.69 Å². The molecule has 3 nitrogen and oxygen atoms in total. The Morgan fingerprint density at radius 3 is 2.50 bits per heavy atom. The molecule has 0 spiro atoms. The Labute approximate surface area is 119 Å². The van der Waals surface area contributed by atoms with Crippen LogP contribution in [0.3, 0.4) is 0 Å². The molecule has 1 aliphatic rings. The molecular weight excluding hydrogens is 248 g/mol. The van der Waals surface area contributed by atoms with Crippen molar-refractivity contribution in [1.29, 1.82) is 0 Å². The largest absolute Gasteiger partial charge is 0.457 e. The van der Waals surface area contributed by atoms with Gasteiger partial charge in [-0.05, 0) is 61.9 Å². The van der Waals surface area contributed by atoms with Gasteiger partial charge in [-0.15, -0.1) is 0 Å². The monoisotopic (exact) mass is 268 g/mol. The van der Waals surface area contributed by atoms with Crippen molar-refractivity contribution in [2.24, 2.45) is 0 Å². The van der Waals surface area contributed by atoms with E-state index in [9.17, 15) is 0 Å². The highest BCUT2D eigenvalue weighted by atomic mass is 16.5. The Kier molecular flexibility index (Phi) is 3.36. The van der Waals surface area contributed by atoms with E-state index in [0.717, 1.165) is 23.7 Å². The van der Waals surface area contributed by atoms with Crippen LogP contribution in [0.5, 0.6) is 11.5 Å². The summed E-state index contributed by atoms with van der Waals surface area (Å²) in [6.07, 6.45) is 2.50. The van der Waals surface area contributed by atoms with Crippen molar-refractivity contribution in [2.45, 2.75) is 18.3 Å². The fourth-order valence-corrected chi connectivity index (χ4v) is 2.62. The maximum Gasteiger partial charge on any atom is 0.127 e.